The van der Waals surface area contributed by atoms with Gasteiger partial charge in [-0.15, -0.1) is 0 Å². The average molecular weight is 462 g/mol. The molecule has 0 fully saturated rings. The van der Waals surface area contributed by atoms with E-state index in [1.807, 2.05) is 12.1 Å². The fraction of sp³-hybridized carbons (Fsp3) is 0.259. The predicted octanol–water partition coefficient (Wildman–Crippen LogP) is 4.25. The molecule has 1 unspecified atom stereocenters. The predicted molar refractivity (Wildman–Crippen MR) is 125 cm³/mol. The van der Waals surface area contributed by atoms with Crippen molar-refractivity contribution < 1.29 is 34.4 Å². The number of hydrogen-bond acceptors (Lipinski definition) is 7. The third-order valence-corrected chi connectivity index (χ3v) is 5.99. The van der Waals surface area contributed by atoms with Gasteiger partial charge in [-0.25, -0.2) is 4.79 Å². The Morgan fingerprint density at radius 1 is 1.00 bits per heavy atom. The Morgan fingerprint density at radius 3 is 2.38 bits per heavy atom. The number of Topliss-reactive ketones (excluding diaryl/α,β-unsaturated/α-hetero) is 1. The maximum atomic E-state index is 13.0. The molecule has 0 heterocycles. The molecule has 0 bridgehead atoms. The Kier molecular flexibility index (Phi) is 6.72. The van der Waals surface area contributed by atoms with Crippen molar-refractivity contribution in [3.05, 3.63) is 82.4 Å². The number of carbonyl (C=O) groups excluding carboxylic acids is 2. The van der Waals surface area contributed by atoms with E-state index in [4.69, 9.17) is 9.47 Å². The summed E-state index contributed by atoms with van der Waals surface area (Å²) in [6.07, 6.45) is 1.17. The number of fused-ring (bicyclic) bond motifs is 1. The Morgan fingerprint density at radius 2 is 1.71 bits per heavy atom. The second kappa shape index (κ2) is 9.87. The molecule has 0 amide bonds. The quantitative estimate of drug-likeness (QED) is 0.355. The molecule has 3 aromatic carbocycles. The van der Waals surface area contributed by atoms with Crippen LogP contribution in [0.25, 0.3) is 0 Å². The van der Waals surface area contributed by atoms with Gasteiger partial charge in [0.05, 0.1) is 12.2 Å². The van der Waals surface area contributed by atoms with E-state index in [1.165, 1.54) is 6.07 Å². The van der Waals surface area contributed by atoms with Gasteiger partial charge in [-0.1, -0.05) is 24.3 Å². The fourth-order valence-corrected chi connectivity index (χ4v) is 4.34. The number of phenols is 3. The second-order valence-electron chi connectivity index (χ2n) is 8.29. The maximum absolute atomic E-state index is 13.0. The molecule has 0 aliphatic heterocycles. The molecular formula is C27H26O7. The molecule has 1 atom stereocenters. The minimum Gasteiger partial charge on any atom is -0.508 e. The van der Waals surface area contributed by atoms with Crippen LogP contribution < -0.4 is 4.74 Å². The Balaban J connectivity index is 1.58. The summed E-state index contributed by atoms with van der Waals surface area (Å²) in [6.45, 7) is 1.85. The van der Waals surface area contributed by atoms with Crippen molar-refractivity contribution in [3.63, 3.8) is 0 Å². The van der Waals surface area contributed by atoms with E-state index in [2.05, 4.69) is 0 Å². The molecule has 7 nitrogen and oxygen atoms in total. The molecule has 0 aromatic heterocycles. The van der Waals surface area contributed by atoms with E-state index in [9.17, 15) is 24.9 Å². The summed E-state index contributed by atoms with van der Waals surface area (Å²) in [4.78, 5) is 24.4. The van der Waals surface area contributed by atoms with Gasteiger partial charge in [-0.05, 0) is 78.3 Å². The molecule has 4 rings (SSSR count). The van der Waals surface area contributed by atoms with E-state index >= 15 is 0 Å². The second-order valence-corrected chi connectivity index (χ2v) is 8.29. The normalized spacial score (nSPS) is 15.0. The van der Waals surface area contributed by atoms with Gasteiger partial charge in [0, 0.05) is 6.42 Å². The summed E-state index contributed by atoms with van der Waals surface area (Å²) in [5, 5.41) is 30.3. The first-order valence-corrected chi connectivity index (χ1v) is 11.1. The molecule has 7 heteroatoms. The van der Waals surface area contributed by atoms with Crippen molar-refractivity contribution >= 4 is 11.8 Å². The van der Waals surface area contributed by atoms with Crippen molar-refractivity contribution in [1.29, 1.82) is 0 Å². The van der Waals surface area contributed by atoms with Crippen LogP contribution in [-0.4, -0.2) is 40.3 Å². The number of esters is 1. The first kappa shape index (κ1) is 23.2. The number of benzene rings is 3. The molecule has 34 heavy (non-hydrogen) atoms. The number of rotatable bonds is 7. The number of hydrogen-bond donors (Lipinski definition) is 3. The van der Waals surface area contributed by atoms with Crippen molar-refractivity contribution in [2.24, 2.45) is 0 Å². The standard InChI is InChI=1S/C27H26O7/c1-2-33-25(31)15-34-21-9-3-16(4-10-21)11-19-14-24(30)27(32)26-22(19)12-18(13-23(26)29)17-5-7-20(28)8-6-17/h3-10,14,18,28,30,32H,2,11-13,15H2,1H3. The van der Waals surface area contributed by atoms with Crippen LogP contribution in [0.3, 0.4) is 0 Å². The zero-order chi connectivity index (χ0) is 24.2. The minimum absolute atomic E-state index is 0.0954. The largest absolute Gasteiger partial charge is 0.508 e. The summed E-state index contributed by atoms with van der Waals surface area (Å²) >= 11 is 0. The first-order chi connectivity index (χ1) is 16.4. The molecule has 0 saturated heterocycles. The van der Waals surface area contributed by atoms with Crippen LogP contribution in [0.1, 0.15) is 51.9 Å². The lowest BCUT2D eigenvalue weighted by atomic mass is 9.76. The van der Waals surface area contributed by atoms with Crippen molar-refractivity contribution in [3.8, 4) is 23.0 Å². The van der Waals surface area contributed by atoms with Crippen LogP contribution >= 0.6 is 0 Å². The van der Waals surface area contributed by atoms with Crippen LogP contribution in [-0.2, 0) is 22.4 Å². The van der Waals surface area contributed by atoms with Crippen molar-refractivity contribution in [2.75, 3.05) is 13.2 Å². The number of aromatic hydroxyl groups is 3. The zero-order valence-corrected chi connectivity index (χ0v) is 18.8. The van der Waals surface area contributed by atoms with Crippen LogP contribution in [0.5, 0.6) is 23.0 Å². The highest BCUT2D eigenvalue weighted by atomic mass is 16.6. The summed E-state index contributed by atoms with van der Waals surface area (Å²) in [6, 6.07) is 15.5. The molecule has 1 aliphatic carbocycles. The van der Waals surface area contributed by atoms with Crippen LogP contribution in [0, 0.1) is 0 Å². The lowest BCUT2D eigenvalue weighted by molar-refractivity contribution is -0.145. The van der Waals surface area contributed by atoms with E-state index in [-0.39, 0.29) is 47.5 Å². The summed E-state index contributed by atoms with van der Waals surface area (Å²) in [7, 11) is 0. The summed E-state index contributed by atoms with van der Waals surface area (Å²) < 4.78 is 10.3. The third kappa shape index (κ3) is 4.98. The van der Waals surface area contributed by atoms with Gasteiger partial charge >= 0.3 is 5.97 Å². The SMILES string of the molecule is CCOC(=O)COc1ccc(Cc2cc(O)c(O)c3c2CC(c2ccc(O)cc2)CC3=O)cc1. The highest BCUT2D eigenvalue weighted by Crippen LogP contribution is 2.43. The highest BCUT2D eigenvalue weighted by Gasteiger charge is 2.32. The lowest BCUT2D eigenvalue weighted by Crippen LogP contribution is -2.20. The van der Waals surface area contributed by atoms with Gasteiger partial charge in [0.2, 0.25) is 0 Å². The molecule has 0 spiro atoms. The zero-order valence-electron chi connectivity index (χ0n) is 18.8. The number of phenolic OH excluding ortho intramolecular Hbond substituents is 3. The van der Waals surface area contributed by atoms with Crippen LogP contribution in [0.4, 0.5) is 0 Å². The lowest BCUT2D eigenvalue weighted by Gasteiger charge is -2.27. The van der Waals surface area contributed by atoms with Crippen molar-refractivity contribution in [1.82, 2.24) is 0 Å². The molecule has 3 aromatic rings. The van der Waals surface area contributed by atoms with Gasteiger partial charge in [-0.3, -0.25) is 4.79 Å². The number of carbonyl (C=O) groups is 2. The summed E-state index contributed by atoms with van der Waals surface area (Å²) in [5.74, 6) is -0.779. The Bertz CT molecular complexity index is 1200. The minimum atomic E-state index is -0.439. The van der Waals surface area contributed by atoms with E-state index < -0.39 is 5.97 Å². The van der Waals surface area contributed by atoms with Crippen LogP contribution in [0.15, 0.2) is 54.6 Å². The van der Waals surface area contributed by atoms with E-state index in [0.29, 0.717) is 30.8 Å². The monoisotopic (exact) mass is 462 g/mol. The smallest absolute Gasteiger partial charge is 0.344 e. The molecule has 176 valence electrons. The Hall–Kier alpha value is -4.00. The molecular weight excluding hydrogens is 436 g/mol. The van der Waals surface area contributed by atoms with Gasteiger partial charge < -0.3 is 24.8 Å². The first-order valence-electron chi connectivity index (χ1n) is 11.1. The van der Waals surface area contributed by atoms with Crippen LogP contribution in [0.2, 0.25) is 0 Å². The van der Waals surface area contributed by atoms with Gasteiger partial charge in [-0.2, -0.15) is 0 Å². The third-order valence-electron chi connectivity index (χ3n) is 5.99. The molecule has 1 aliphatic rings. The molecule has 3 N–H and O–H groups in total. The number of ketones is 1. The highest BCUT2D eigenvalue weighted by molar-refractivity contribution is 6.02. The fourth-order valence-electron chi connectivity index (χ4n) is 4.34. The molecule has 0 saturated carbocycles. The van der Waals surface area contributed by atoms with Gasteiger partial charge in [0.25, 0.3) is 0 Å². The van der Waals surface area contributed by atoms with Crippen molar-refractivity contribution in [2.45, 2.75) is 32.1 Å². The van der Waals surface area contributed by atoms with Gasteiger partial charge in [0.15, 0.2) is 23.9 Å². The summed E-state index contributed by atoms with van der Waals surface area (Å²) in [5.41, 5.74) is 3.49. The van der Waals surface area contributed by atoms with E-state index in [1.54, 1.807) is 43.3 Å². The number of ether oxygens (including phenoxy) is 2. The van der Waals surface area contributed by atoms with Gasteiger partial charge in [0.1, 0.15) is 11.5 Å². The molecule has 0 radical (unpaired) electrons. The topological polar surface area (TPSA) is 113 Å². The maximum Gasteiger partial charge on any atom is 0.344 e. The van der Waals surface area contributed by atoms with E-state index in [0.717, 1.165) is 16.7 Å². The average Bonchev–Trinajstić information content (AvgIpc) is 2.82. The Labute approximate surface area is 197 Å².